The zero-order valence-electron chi connectivity index (χ0n) is 13.2. The zero-order valence-corrected chi connectivity index (χ0v) is 14.0. The second-order valence-electron chi connectivity index (χ2n) is 4.96. The average Bonchev–Trinajstić information content (AvgIpc) is 3.32. The highest BCUT2D eigenvalue weighted by Crippen LogP contribution is 2.22. The average molecular weight is 354 g/mol. The van der Waals surface area contributed by atoms with Crippen LogP contribution in [0.1, 0.15) is 26.4 Å². The Kier molecular flexibility index (Phi) is 5.00. The second kappa shape index (κ2) is 7.54. The van der Waals surface area contributed by atoms with E-state index in [0.717, 1.165) is 16.1 Å². The summed E-state index contributed by atoms with van der Waals surface area (Å²) in [4.78, 5) is 24.4. The van der Waals surface area contributed by atoms with Crippen molar-refractivity contribution in [3.63, 3.8) is 0 Å². The number of benzene rings is 1. The predicted molar refractivity (Wildman–Crippen MR) is 94.7 cm³/mol. The smallest absolute Gasteiger partial charge is 0.337 e. The number of H-pyrrole nitrogens is 1. The maximum atomic E-state index is 12.0. The van der Waals surface area contributed by atoms with E-state index in [1.807, 2.05) is 17.5 Å². The molecule has 0 aliphatic rings. The van der Waals surface area contributed by atoms with Gasteiger partial charge in [-0.15, -0.1) is 11.3 Å². The van der Waals surface area contributed by atoms with Crippen molar-refractivity contribution in [2.24, 2.45) is 5.10 Å². The van der Waals surface area contributed by atoms with Crippen molar-refractivity contribution in [2.75, 3.05) is 7.11 Å². The first-order valence-corrected chi connectivity index (χ1v) is 8.16. The minimum atomic E-state index is -0.415. The van der Waals surface area contributed by atoms with Crippen LogP contribution >= 0.6 is 11.3 Å². The SMILES string of the molecule is COC(=O)c1ccc(/C=N/NC(=O)c2cc(-c3cccs3)[nH]n2)cc1. The Hall–Kier alpha value is -3.26. The van der Waals surface area contributed by atoms with Crippen LogP contribution < -0.4 is 5.43 Å². The molecule has 25 heavy (non-hydrogen) atoms. The fraction of sp³-hybridized carbons (Fsp3) is 0.0588. The first kappa shape index (κ1) is 16.6. The standard InChI is InChI=1S/C17H14N4O3S/c1-24-17(23)12-6-4-11(5-7-12)10-18-21-16(22)14-9-13(19-20-14)15-3-2-8-25-15/h2-10H,1H3,(H,19,20)(H,21,22)/b18-10+. The van der Waals surface area contributed by atoms with E-state index in [2.05, 4.69) is 25.5 Å². The molecule has 0 fully saturated rings. The number of nitrogens with zero attached hydrogens (tertiary/aromatic N) is 2. The molecule has 0 saturated carbocycles. The molecule has 3 rings (SSSR count). The first-order valence-electron chi connectivity index (χ1n) is 7.28. The quantitative estimate of drug-likeness (QED) is 0.418. The van der Waals surface area contributed by atoms with E-state index < -0.39 is 11.9 Å². The summed E-state index contributed by atoms with van der Waals surface area (Å²) in [6.45, 7) is 0. The van der Waals surface area contributed by atoms with Gasteiger partial charge in [0, 0.05) is 0 Å². The molecular weight excluding hydrogens is 340 g/mol. The molecule has 0 radical (unpaired) electrons. The highest BCUT2D eigenvalue weighted by molar-refractivity contribution is 7.13. The van der Waals surface area contributed by atoms with Crippen LogP contribution in [0.4, 0.5) is 0 Å². The molecule has 0 aliphatic carbocycles. The van der Waals surface area contributed by atoms with Gasteiger partial charge in [-0.2, -0.15) is 10.2 Å². The Labute approximate surface area is 147 Å². The molecule has 2 N–H and O–H groups in total. The second-order valence-corrected chi connectivity index (χ2v) is 5.90. The number of nitrogens with one attached hydrogen (secondary N) is 2. The van der Waals surface area contributed by atoms with E-state index in [1.54, 1.807) is 41.7 Å². The third kappa shape index (κ3) is 3.99. The summed E-state index contributed by atoms with van der Waals surface area (Å²) < 4.78 is 4.63. The number of hydrogen-bond acceptors (Lipinski definition) is 6. The zero-order chi connectivity index (χ0) is 17.6. The van der Waals surface area contributed by atoms with Gasteiger partial charge in [-0.05, 0) is 35.2 Å². The molecule has 0 bridgehead atoms. The number of aromatic nitrogens is 2. The van der Waals surface area contributed by atoms with Crippen LogP contribution in [-0.2, 0) is 4.74 Å². The molecule has 0 unspecified atom stereocenters. The highest BCUT2D eigenvalue weighted by atomic mass is 32.1. The molecule has 126 valence electrons. The Morgan fingerprint density at radius 2 is 2.08 bits per heavy atom. The number of aromatic amines is 1. The van der Waals surface area contributed by atoms with E-state index in [9.17, 15) is 9.59 Å². The molecule has 0 saturated heterocycles. The van der Waals surface area contributed by atoms with E-state index >= 15 is 0 Å². The summed E-state index contributed by atoms with van der Waals surface area (Å²) in [5.74, 6) is -0.821. The summed E-state index contributed by atoms with van der Waals surface area (Å²) in [5, 5.41) is 12.6. The third-order valence-electron chi connectivity index (χ3n) is 3.31. The summed E-state index contributed by atoms with van der Waals surface area (Å²) in [7, 11) is 1.33. The van der Waals surface area contributed by atoms with Crippen LogP contribution in [-0.4, -0.2) is 35.4 Å². The lowest BCUT2D eigenvalue weighted by molar-refractivity contribution is 0.0600. The fourth-order valence-corrected chi connectivity index (χ4v) is 2.73. The van der Waals surface area contributed by atoms with Gasteiger partial charge in [0.1, 0.15) is 0 Å². The molecular formula is C17H14N4O3S. The van der Waals surface area contributed by atoms with Crippen LogP contribution in [0.15, 0.2) is 52.9 Å². The summed E-state index contributed by atoms with van der Waals surface area (Å²) in [5.41, 5.74) is 4.62. The van der Waals surface area contributed by atoms with Gasteiger partial charge in [-0.3, -0.25) is 9.89 Å². The van der Waals surface area contributed by atoms with Crippen molar-refractivity contribution in [2.45, 2.75) is 0 Å². The Morgan fingerprint density at radius 1 is 1.28 bits per heavy atom. The number of hydrazone groups is 1. The molecule has 3 aromatic rings. The number of carbonyl (C=O) groups is 2. The number of amides is 1. The maximum Gasteiger partial charge on any atom is 0.337 e. The van der Waals surface area contributed by atoms with Gasteiger partial charge in [0.15, 0.2) is 5.69 Å². The van der Waals surface area contributed by atoms with Gasteiger partial charge in [0.25, 0.3) is 5.91 Å². The minimum Gasteiger partial charge on any atom is -0.465 e. The lowest BCUT2D eigenvalue weighted by Gasteiger charge is -1.99. The normalized spacial score (nSPS) is 10.8. The third-order valence-corrected chi connectivity index (χ3v) is 4.21. The van der Waals surface area contributed by atoms with Crippen molar-refractivity contribution < 1.29 is 14.3 Å². The fourth-order valence-electron chi connectivity index (χ4n) is 2.04. The molecule has 2 heterocycles. The Morgan fingerprint density at radius 3 is 2.76 bits per heavy atom. The van der Waals surface area contributed by atoms with E-state index in [1.165, 1.54) is 13.3 Å². The molecule has 1 amide bonds. The number of ether oxygens (including phenoxy) is 1. The van der Waals surface area contributed by atoms with Crippen molar-refractivity contribution in [3.05, 3.63) is 64.7 Å². The molecule has 0 aliphatic heterocycles. The Balaban J connectivity index is 1.60. The molecule has 0 atom stereocenters. The number of esters is 1. The first-order chi connectivity index (χ1) is 12.2. The number of carbonyl (C=O) groups excluding carboxylic acids is 2. The van der Waals surface area contributed by atoms with Gasteiger partial charge < -0.3 is 4.74 Å². The molecule has 0 spiro atoms. The van der Waals surface area contributed by atoms with Gasteiger partial charge in [-0.1, -0.05) is 18.2 Å². The van der Waals surface area contributed by atoms with Crippen LogP contribution in [0.5, 0.6) is 0 Å². The van der Waals surface area contributed by atoms with Crippen molar-refractivity contribution in [1.29, 1.82) is 0 Å². The number of hydrogen-bond donors (Lipinski definition) is 2. The maximum absolute atomic E-state index is 12.0. The number of thiophene rings is 1. The highest BCUT2D eigenvalue weighted by Gasteiger charge is 2.11. The van der Waals surface area contributed by atoms with Gasteiger partial charge >= 0.3 is 5.97 Å². The van der Waals surface area contributed by atoms with Gasteiger partial charge in [0.2, 0.25) is 0 Å². The summed E-state index contributed by atoms with van der Waals surface area (Å²) >= 11 is 1.56. The van der Waals surface area contributed by atoms with Gasteiger partial charge in [-0.25, -0.2) is 10.2 Å². The molecule has 2 aromatic heterocycles. The monoisotopic (exact) mass is 354 g/mol. The molecule has 7 nitrogen and oxygen atoms in total. The molecule has 8 heteroatoms. The topological polar surface area (TPSA) is 96.4 Å². The predicted octanol–water partition coefficient (Wildman–Crippen LogP) is 2.69. The number of methoxy groups -OCH3 is 1. The largest absolute Gasteiger partial charge is 0.465 e. The van der Waals surface area contributed by atoms with Crippen LogP contribution in [0.3, 0.4) is 0 Å². The van der Waals surface area contributed by atoms with Crippen molar-refractivity contribution in [1.82, 2.24) is 15.6 Å². The summed E-state index contributed by atoms with van der Waals surface area (Å²) in [6.07, 6.45) is 1.48. The number of rotatable bonds is 5. The van der Waals surface area contributed by atoms with Crippen LogP contribution in [0, 0.1) is 0 Å². The van der Waals surface area contributed by atoms with Crippen molar-refractivity contribution >= 4 is 29.4 Å². The van der Waals surface area contributed by atoms with E-state index in [0.29, 0.717) is 5.56 Å². The lowest BCUT2D eigenvalue weighted by Crippen LogP contribution is -2.18. The van der Waals surface area contributed by atoms with Gasteiger partial charge in [0.05, 0.1) is 29.5 Å². The molecule has 1 aromatic carbocycles. The van der Waals surface area contributed by atoms with Crippen molar-refractivity contribution in [3.8, 4) is 10.6 Å². The summed E-state index contributed by atoms with van der Waals surface area (Å²) in [6, 6.07) is 12.2. The van der Waals surface area contributed by atoms with Crippen LogP contribution in [0.2, 0.25) is 0 Å². The van der Waals surface area contributed by atoms with E-state index in [-0.39, 0.29) is 5.69 Å². The van der Waals surface area contributed by atoms with E-state index in [4.69, 9.17) is 0 Å². The Bertz CT molecular complexity index is 898. The minimum absolute atomic E-state index is 0.251. The van der Waals surface area contributed by atoms with Crippen LogP contribution in [0.25, 0.3) is 10.6 Å². The lowest BCUT2D eigenvalue weighted by atomic mass is 10.1.